The molecule has 1 atom stereocenters. The Balaban J connectivity index is 2.19. The number of hydrogen-bond acceptors (Lipinski definition) is 3. The second kappa shape index (κ2) is 6.26. The lowest BCUT2D eigenvalue weighted by Crippen LogP contribution is -2.08. The zero-order valence-corrected chi connectivity index (χ0v) is 12.4. The Bertz CT molecular complexity index is 584. The van der Waals surface area contributed by atoms with Gasteiger partial charge in [-0.2, -0.15) is 13.9 Å². The summed E-state index contributed by atoms with van der Waals surface area (Å²) in [6.07, 6.45) is 1.94. The van der Waals surface area contributed by atoms with Gasteiger partial charge in [-0.25, -0.2) is 0 Å². The number of halogens is 2. The molecule has 0 saturated carbocycles. The average molecular weight is 297 g/mol. The Labute approximate surface area is 121 Å². The minimum atomic E-state index is -2.42. The molecule has 20 heavy (non-hydrogen) atoms. The van der Waals surface area contributed by atoms with Crippen molar-refractivity contribution in [1.82, 2.24) is 9.78 Å². The van der Waals surface area contributed by atoms with Crippen molar-refractivity contribution in [3.05, 3.63) is 41.7 Å². The van der Waals surface area contributed by atoms with E-state index in [1.165, 1.54) is 0 Å². The molecule has 0 bridgehead atoms. The molecule has 0 saturated heterocycles. The standard InChI is InChI=1S/C14H17F2N3S/c1-9(11-8-19(3)18-10(11)2)17-12-6-4-5-7-13(12)20-14(15)16/h4-9,14,17H,1-3H3. The van der Waals surface area contributed by atoms with Crippen LogP contribution in [-0.4, -0.2) is 15.5 Å². The first-order valence-corrected chi connectivity index (χ1v) is 7.16. The highest BCUT2D eigenvalue weighted by Crippen LogP contribution is 2.33. The van der Waals surface area contributed by atoms with E-state index in [0.717, 1.165) is 11.3 Å². The van der Waals surface area contributed by atoms with Gasteiger partial charge in [0.2, 0.25) is 0 Å². The zero-order chi connectivity index (χ0) is 14.7. The summed E-state index contributed by atoms with van der Waals surface area (Å²) in [4.78, 5) is 0.552. The van der Waals surface area contributed by atoms with Crippen LogP contribution in [-0.2, 0) is 7.05 Å². The monoisotopic (exact) mass is 297 g/mol. The van der Waals surface area contributed by atoms with Crippen molar-refractivity contribution in [2.75, 3.05) is 5.32 Å². The fourth-order valence-electron chi connectivity index (χ4n) is 2.14. The number of aromatic nitrogens is 2. The van der Waals surface area contributed by atoms with Gasteiger partial charge in [-0.1, -0.05) is 23.9 Å². The number of hydrogen-bond donors (Lipinski definition) is 1. The van der Waals surface area contributed by atoms with E-state index in [0.29, 0.717) is 22.3 Å². The molecule has 2 aromatic rings. The highest BCUT2D eigenvalue weighted by atomic mass is 32.2. The van der Waals surface area contributed by atoms with E-state index in [9.17, 15) is 8.78 Å². The smallest absolute Gasteiger partial charge is 0.288 e. The first kappa shape index (κ1) is 14.8. The molecular weight excluding hydrogens is 280 g/mol. The molecule has 1 aromatic carbocycles. The summed E-state index contributed by atoms with van der Waals surface area (Å²) < 4.78 is 26.9. The van der Waals surface area contributed by atoms with E-state index in [1.54, 1.807) is 16.8 Å². The minimum absolute atomic E-state index is 0.00289. The van der Waals surface area contributed by atoms with Crippen LogP contribution >= 0.6 is 11.8 Å². The molecule has 3 nitrogen and oxygen atoms in total. The van der Waals surface area contributed by atoms with Crippen molar-refractivity contribution < 1.29 is 8.78 Å². The Morgan fingerprint density at radius 3 is 2.60 bits per heavy atom. The Morgan fingerprint density at radius 1 is 1.30 bits per heavy atom. The maximum absolute atomic E-state index is 12.6. The van der Waals surface area contributed by atoms with Crippen LogP contribution in [0.2, 0.25) is 0 Å². The van der Waals surface area contributed by atoms with Crippen molar-refractivity contribution in [1.29, 1.82) is 0 Å². The fourth-order valence-corrected chi connectivity index (χ4v) is 2.74. The fraction of sp³-hybridized carbons (Fsp3) is 0.357. The third-order valence-corrected chi connectivity index (χ3v) is 3.78. The Morgan fingerprint density at radius 2 is 2.00 bits per heavy atom. The number of nitrogens with zero attached hydrogens (tertiary/aromatic N) is 2. The number of thioether (sulfide) groups is 1. The Hall–Kier alpha value is -1.56. The largest absolute Gasteiger partial charge is 0.377 e. The quantitative estimate of drug-likeness (QED) is 0.838. The van der Waals surface area contributed by atoms with Gasteiger partial charge in [-0.05, 0) is 26.0 Å². The van der Waals surface area contributed by atoms with Crippen molar-refractivity contribution in [3.63, 3.8) is 0 Å². The number of anilines is 1. The number of nitrogens with one attached hydrogen (secondary N) is 1. The lowest BCUT2D eigenvalue weighted by Gasteiger charge is -2.17. The molecule has 1 aromatic heterocycles. The molecule has 108 valence electrons. The SMILES string of the molecule is Cc1nn(C)cc1C(C)Nc1ccccc1SC(F)F. The summed E-state index contributed by atoms with van der Waals surface area (Å²) >= 11 is 0.555. The minimum Gasteiger partial charge on any atom is -0.377 e. The van der Waals surface area contributed by atoms with Gasteiger partial charge >= 0.3 is 0 Å². The summed E-state index contributed by atoms with van der Waals surface area (Å²) in [7, 11) is 1.86. The number of alkyl halides is 2. The molecule has 0 radical (unpaired) electrons. The van der Waals surface area contributed by atoms with E-state index >= 15 is 0 Å². The molecule has 0 fully saturated rings. The van der Waals surface area contributed by atoms with Crippen molar-refractivity contribution in [3.8, 4) is 0 Å². The Kier molecular flexibility index (Phi) is 4.65. The van der Waals surface area contributed by atoms with E-state index < -0.39 is 5.76 Å². The maximum Gasteiger partial charge on any atom is 0.288 e. The van der Waals surface area contributed by atoms with Crippen molar-refractivity contribution in [2.24, 2.45) is 7.05 Å². The van der Waals surface area contributed by atoms with Crippen LogP contribution in [0.15, 0.2) is 35.4 Å². The first-order valence-electron chi connectivity index (χ1n) is 6.28. The van der Waals surface area contributed by atoms with Gasteiger partial charge in [0, 0.05) is 29.4 Å². The summed E-state index contributed by atoms with van der Waals surface area (Å²) in [6, 6.07) is 7.11. The lowest BCUT2D eigenvalue weighted by molar-refractivity contribution is 0.252. The molecule has 0 aliphatic rings. The van der Waals surface area contributed by atoms with Crippen LogP contribution in [0.25, 0.3) is 0 Å². The van der Waals surface area contributed by atoms with E-state index in [2.05, 4.69) is 10.4 Å². The number of aryl methyl sites for hydroxylation is 2. The molecule has 6 heteroatoms. The summed E-state index contributed by atoms with van der Waals surface area (Å²) in [6.45, 7) is 3.93. The number of benzene rings is 1. The third kappa shape index (κ3) is 3.50. The van der Waals surface area contributed by atoms with E-state index in [1.807, 2.05) is 39.2 Å². The highest BCUT2D eigenvalue weighted by molar-refractivity contribution is 7.99. The summed E-state index contributed by atoms with van der Waals surface area (Å²) in [5, 5.41) is 7.57. The van der Waals surface area contributed by atoms with Gasteiger partial charge in [-0.15, -0.1) is 0 Å². The van der Waals surface area contributed by atoms with Gasteiger partial charge in [-0.3, -0.25) is 4.68 Å². The van der Waals surface area contributed by atoms with Crippen LogP contribution in [0.1, 0.15) is 24.2 Å². The van der Waals surface area contributed by atoms with Gasteiger partial charge in [0.1, 0.15) is 0 Å². The first-order chi connectivity index (χ1) is 9.47. The van der Waals surface area contributed by atoms with Crippen LogP contribution in [0.3, 0.4) is 0 Å². The molecule has 0 aliphatic heterocycles. The van der Waals surface area contributed by atoms with Crippen LogP contribution < -0.4 is 5.32 Å². The molecule has 2 rings (SSSR count). The summed E-state index contributed by atoms with van der Waals surface area (Å²) in [5.74, 6) is -2.42. The van der Waals surface area contributed by atoms with Crippen molar-refractivity contribution in [2.45, 2.75) is 30.5 Å². The van der Waals surface area contributed by atoms with Gasteiger partial charge in [0.05, 0.1) is 11.7 Å². The van der Waals surface area contributed by atoms with Gasteiger partial charge in [0.15, 0.2) is 0 Å². The second-order valence-corrected chi connectivity index (χ2v) is 5.62. The van der Waals surface area contributed by atoms with E-state index in [-0.39, 0.29) is 6.04 Å². The third-order valence-electron chi connectivity index (χ3n) is 2.99. The molecule has 1 unspecified atom stereocenters. The number of rotatable bonds is 5. The predicted octanol–water partition coefficient (Wildman–Crippen LogP) is 4.22. The molecule has 1 N–H and O–H groups in total. The molecule has 0 amide bonds. The topological polar surface area (TPSA) is 29.9 Å². The average Bonchev–Trinajstić information content (AvgIpc) is 2.70. The van der Waals surface area contributed by atoms with Crippen molar-refractivity contribution >= 4 is 17.4 Å². The molecule has 1 heterocycles. The summed E-state index contributed by atoms with van der Waals surface area (Å²) in [5.41, 5.74) is 2.71. The van der Waals surface area contributed by atoms with E-state index in [4.69, 9.17) is 0 Å². The number of para-hydroxylation sites is 1. The van der Waals surface area contributed by atoms with Gasteiger partial charge < -0.3 is 5.32 Å². The second-order valence-electron chi connectivity index (χ2n) is 4.58. The van der Waals surface area contributed by atoms with Crippen LogP contribution in [0.4, 0.5) is 14.5 Å². The van der Waals surface area contributed by atoms with Crippen LogP contribution in [0, 0.1) is 6.92 Å². The normalized spacial score (nSPS) is 12.7. The molecule has 0 spiro atoms. The molecular formula is C14H17F2N3S. The lowest BCUT2D eigenvalue weighted by atomic mass is 10.1. The van der Waals surface area contributed by atoms with Crippen LogP contribution in [0.5, 0.6) is 0 Å². The predicted molar refractivity (Wildman–Crippen MR) is 78.3 cm³/mol. The maximum atomic E-state index is 12.6. The molecule has 0 aliphatic carbocycles. The zero-order valence-electron chi connectivity index (χ0n) is 11.6. The van der Waals surface area contributed by atoms with Gasteiger partial charge in [0.25, 0.3) is 5.76 Å². The highest BCUT2D eigenvalue weighted by Gasteiger charge is 2.15.